The molecule has 0 saturated carbocycles. The molecular weight excluding hydrogens is 530 g/mol. The third-order valence-corrected chi connectivity index (χ3v) is 8.64. The minimum Gasteiger partial charge on any atom is -0.495 e. The number of benzene rings is 3. The van der Waals surface area contributed by atoms with Gasteiger partial charge in [-0.05, 0) is 75.4 Å². The van der Waals surface area contributed by atoms with Crippen molar-refractivity contribution in [2.45, 2.75) is 36.6 Å². The summed E-state index contributed by atoms with van der Waals surface area (Å²) in [5.41, 5.74) is 0.324. The van der Waals surface area contributed by atoms with Crippen molar-refractivity contribution >= 4 is 37.3 Å². The van der Waals surface area contributed by atoms with Crippen molar-refractivity contribution < 1.29 is 31.1 Å². The third-order valence-electron chi connectivity index (χ3n) is 5.20. The number of amides is 1. The standard InChI is InChI=1S/C26H31N3O7S2/c1-5-36-21-13-11-20(12-14-21)29(38(33,34)22-9-7-6-8-10-22)18-26(30)27-24-17-23(15-16-25(24)35-4)37(31,32)28-19(2)3/h6-17,19,28H,5,18H2,1-4H3,(H,27,30). The van der Waals surface area contributed by atoms with Gasteiger partial charge in [-0.3, -0.25) is 9.10 Å². The van der Waals surface area contributed by atoms with E-state index in [9.17, 15) is 21.6 Å². The van der Waals surface area contributed by atoms with Crippen LogP contribution in [-0.4, -0.2) is 49.0 Å². The smallest absolute Gasteiger partial charge is 0.264 e. The number of sulfonamides is 2. The first-order valence-corrected chi connectivity index (χ1v) is 14.7. The van der Waals surface area contributed by atoms with Crippen LogP contribution < -0.4 is 23.8 Å². The number of anilines is 2. The number of nitrogens with one attached hydrogen (secondary N) is 2. The van der Waals surface area contributed by atoms with Crippen LogP contribution in [-0.2, 0) is 24.8 Å². The Balaban J connectivity index is 1.96. The fourth-order valence-electron chi connectivity index (χ4n) is 3.56. The molecular formula is C26H31N3O7S2. The summed E-state index contributed by atoms with van der Waals surface area (Å²) >= 11 is 0. The van der Waals surface area contributed by atoms with Crippen LogP contribution in [0, 0.1) is 0 Å². The highest BCUT2D eigenvalue weighted by Crippen LogP contribution is 2.29. The van der Waals surface area contributed by atoms with Crippen LogP contribution in [0.5, 0.6) is 11.5 Å². The second-order valence-corrected chi connectivity index (χ2v) is 12.0. The molecule has 12 heteroatoms. The largest absolute Gasteiger partial charge is 0.495 e. The molecule has 0 bridgehead atoms. The molecule has 0 atom stereocenters. The Morgan fingerprint density at radius 2 is 1.58 bits per heavy atom. The molecule has 3 rings (SSSR count). The van der Waals surface area contributed by atoms with Crippen LogP contribution >= 0.6 is 0 Å². The van der Waals surface area contributed by atoms with Gasteiger partial charge in [-0.15, -0.1) is 0 Å². The molecule has 0 spiro atoms. The Morgan fingerprint density at radius 1 is 0.921 bits per heavy atom. The van der Waals surface area contributed by atoms with Gasteiger partial charge in [0, 0.05) is 6.04 Å². The van der Waals surface area contributed by atoms with Gasteiger partial charge >= 0.3 is 0 Å². The molecule has 204 valence electrons. The minimum absolute atomic E-state index is 0.00659. The molecule has 0 aliphatic carbocycles. The maximum absolute atomic E-state index is 13.5. The van der Waals surface area contributed by atoms with Gasteiger partial charge in [-0.2, -0.15) is 0 Å². The topological polar surface area (TPSA) is 131 Å². The molecule has 2 N–H and O–H groups in total. The molecule has 0 radical (unpaired) electrons. The fourth-order valence-corrected chi connectivity index (χ4v) is 6.28. The van der Waals surface area contributed by atoms with E-state index in [4.69, 9.17) is 9.47 Å². The van der Waals surface area contributed by atoms with Crippen molar-refractivity contribution in [2.24, 2.45) is 0 Å². The van der Waals surface area contributed by atoms with Crippen molar-refractivity contribution in [1.29, 1.82) is 0 Å². The van der Waals surface area contributed by atoms with Gasteiger partial charge in [-0.1, -0.05) is 18.2 Å². The van der Waals surface area contributed by atoms with E-state index in [0.717, 1.165) is 4.31 Å². The Kier molecular flexibility index (Phi) is 9.36. The highest BCUT2D eigenvalue weighted by Gasteiger charge is 2.28. The maximum atomic E-state index is 13.5. The Hall–Kier alpha value is -3.61. The predicted molar refractivity (Wildman–Crippen MR) is 146 cm³/mol. The lowest BCUT2D eigenvalue weighted by molar-refractivity contribution is -0.114. The molecule has 38 heavy (non-hydrogen) atoms. The number of methoxy groups -OCH3 is 1. The van der Waals surface area contributed by atoms with Crippen molar-refractivity contribution in [3.63, 3.8) is 0 Å². The van der Waals surface area contributed by atoms with Crippen LogP contribution in [0.2, 0.25) is 0 Å². The van der Waals surface area contributed by atoms with Gasteiger partial charge in [0.15, 0.2) is 0 Å². The van der Waals surface area contributed by atoms with E-state index in [1.165, 1.54) is 37.4 Å². The first-order valence-electron chi connectivity index (χ1n) is 11.8. The molecule has 0 aliphatic rings. The summed E-state index contributed by atoms with van der Waals surface area (Å²) in [5.74, 6) is 0.0546. The summed E-state index contributed by atoms with van der Waals surface area (Å²) in [6.45, 7) is 5.06. The maximum Gasteiger partial charge on any atom is 0.264 e. The number of carbonyl (C=O) groups excluding carboxylic acids is 1. The normalized spacial score (nSPS) is 11.7. The van der Waals surface area contributed by atoms with Gasteiger partial charge in [0.05, 0.1) is 34.9 Å². The Bertz CT molecular complexity index is 1460. The van der Waals surface area contributed by atoms with Crippen LogP contribution in [0.3, 0.4) is 0 Å². The van der Waals surface area contributed by atoms with Gasteiger partial charge < -0.3 is 14.8 Å². The Morgan fingerprint density at radius 3 is 2.16 bits per heavy atom. The van der Waals surface area contributed by atoms with Crippen molar-refractivity contribution in [3.05, 3.63) is 72.8 Å². The monoisotopic (exact) mass is 561 g/mol. The van der Waals surface area contributed by atoms with Crippen molar-refractivity contribution in [2.75, 3.05) is 29.9 Å². The number of rotatable bonds is 12. The lowest BCUT2D eigenvalue weighted by Crippen LogP contribution is -2.38. The number of hydrogen-bond acceptors (Lipinski definition) is 7. The van der Waals surface area contributed by atoms with E-state index in [1.54, 1.807) is 56.3 Å². The molecule has 0 aliphatic heterocycles. The molecule has 3 aromatic rings. The summed E-state index contributed by atoms with van der Waals surface area (Å²) in [5, 5.41) is 2.60. The van der Waals surface area contributed by atoms with Crippen LogP contribution in [0.1, 0.15) is 20.8 Å². The summed E-state index contributed by atoms with van der Waals surface area (Å²) in [6.07, 6.45) is 0. The summed E-state index contributed by atoms with van der Waals surface area (Å²) in [7, 11) is -6.61. The van der Waals surface area contributed by atoms with E-state index < -0.39 is 32.5 Å². The molecule has 3 aromatic carbocycles. The molecule has 0 fully saturated rings. The molecule has 0 unspecified atom stereocenters. The van der Waals surface area contributed by atoms with Gasteiger partial charge in [-0.25, -0.2) is 21.6 Å². The summed E-state index contributed by atoms with van der Waals surface area (Å²) < 4.78 is 66.6. The first kappa shape index (κ1) is 29.0. The molecule has 0 heterocycles. The third kappa shape index (κ3) is 7.03. The quantitative estimate of drug-likeness (QED) is 0.345. The average molecular weight is 562 g/mol. The number of ether oxygens (including phenoxy) is 2. The lowest BCUT2D eigenvalue weighted by atomic mass is 10.2. The second-order valence-electron chi connectivity index (χ2n) is 8.44. The number of hydrogen-bond donors (Lipinski definition) is 2. The number of carbonyl (C=O) groups is 1. The van der Waals surface area contributed by atoms with Gasteiger partial charge in [0.2, 0.25) is 15.9 Å². The Labute approximate surface area is 223 Å². The van der Waals surface area contributed by atoms with E-state index in [0.29, 0.717) is 12.4 Å². The first-order chi connectivity index (χ1) is 18.0. The summed E-state index contributed by atoms with van der Waals surface area (Å²) in [4.78, 5) is 13.1. The lowest BCUT2D eigenvalue weighted by Gasteiger charge is -2.24. The predicted octanol–water partition coefficient (Wildman–Crippen LogP) is 3.61. The highest BCUT2D eigenvalue weighted by atomic mass is 32.2. The van der Waals surface area contributed by atoms with Crippen molar-refractivity contribution in [3.8, 4) is 11.5 Å². The average Bonchev–Trinajstić information content (AvgIpc) is 2.88. The zero-order valence-electron chi connectivity index (χ0n) is 21.5. The number of nitrogens with zero attached hydrogens (tertiary/aromatic N) is 1. The molecule has 0 saturated heterocycles. The van der Waals surface area contributed by atoms with Gasteiger partial charge in [0.1, 0.15) is 18.0 Å². The van der Waals surface area contributed by atoms with Crippen LogP contribution in [0.25, 0.3) is 0 Å². The highest BCUT2D eigenvalue weighted by molar-refractivity contribution is 7.92. The minimum atomic E-state index is -4.13. The van der Waals surface area contributed by atoms with E-state index in [2.05, 4.69) is 10.0 Å². The molecule has 10 nitrogen and oxygen atoms in total. The zero-order valence-corrected chi connectivity index (χ0v) is 23.2. The van der Waals surface area contributed by atoms with Crippen LogP contribution in [0.4, 0.5) is 11.4 Å². The zero-order chi connectivity index (χ0) is 27.9. The van der Waals surface area contributed by atoms with E-state index in [1.807, 2.05) is 6.92 Å². The van der Waals surface area contributed by atoms with Crippen molar-refractivity contribution in [1.82, 2.24) is 4.72 Å². The molecule has 1 amide bonds. The fraction of sp³-hybridized carbons (Fsp3) is 0.269. The van der Waals surface area contributed by atoms with Gasteiger partial charge in [0.25, 0.3) is 10.0 Å². The summed E-state index contributed by atoms with van der Waals surface area (Å²) in [6, 6.07) is 17.7. The SMILES string of the molecule is CCOc1ccc(N(CC(=O)Nc2cc(S(=O)(=O)NC(C)C)ccc2OC)S(=O)(=O)c2ccccc2)cc1. The second kappa shape index (κ2) is 12.3. The van der Waals surface area contributed by atoms with E-state index >= 15 is 0 Å². The van der Waals surface area contributed by atoms with Crippen LogP contribution in [0.15, 0.2) is 82.6 Å². The molecule has 0 aromatic heterocycles. The van der Waals surface area contributed by atoms with E-state index in [-0.39, 0.29) is 33.0 Å².